The highest BCUT2D eigenvalue weighted by Crippen LogP contribution is 2.30. The topological polar surface area (TPSA) is 104 Å². The molecule has 0 heterocycles. The van der Waals surface area contributed by atoms with Crippen molar-refractivity contribution in [2.45, 2.75) is 0 Å². The minimum absolute atomic E-state index is 0.0772. The number of aromatic hydroxyl groups is 1. The number of rotatable bonds is 3. The number of hydrogen-bond acceptors (Lipinski definition) is 4. The Bertz CT molecular complexity index is 540. The van der Waals surface area contributed by atoms with Gasteiger partial charge in [-0.1, -0.05) is 11.6 Å². The van der Waals surface area contributed by atoms with Crippen LogP contribution in [0.1, 0.15) is 10.4 Å². The lowest BCUT2D eigenvalue weighted by Crippen LogP contribution is -2.10. The predicted octanol–water partition coefficient (Wildman–Crippen LogP) is 1.12. The fourth-order valence-electron chi connectivity index (χ4n) is 1.01. The Hall–Kier alpha value is -1.47. The van der Waals surface area contributed by atoms with Crippen molar-refractivity contribution in [3.8, 4) is 5.75 Å². The van der Waals surface area contributed by atoms with Crippen molar-refractivity contribution in [1.82, 2.24) is 0 Å². The fraction of sp³-hybridized carbons (Fsp3) is 0.125. The molecule has 3 N–H and O–H groups in total. The molecule has 88 valence electrons. The Kier molecular flexibility index (Phi) is 3.30. The Balaban J connectivity index is 3.26. The first-order valence-corrected chi connectivity index (χ1v) is 6.21. The van der Waals surface area contributed by atoms with Crippen LogP contribution >= 0.6 is 11.6 Å². The Labute approximate surface area is 96.5 Å². The summed E-state index contributed by atoms with van der Waals surface area (Å²) < 4.78 is 23.9. The summed E-state index contributed by atoms with van der Waals surface area (Å²) in [6.45, 7) is 0. The molecule has 0 bridgehead atoms. The molecule has 0 spiro atoms. The largest absolute Gasteiger partial charge is 0.507 e. The molecule has 0 saturated carbocycles. The van der Waals surface area contributed by atoms with Crippen LogP contribution in [0.15, 0.2) is 12.1 Å². The molecule has 1 rings (SSSR count). The molecule has 16 heavy (non-hydrogen) atoms. The lowest BCUT2D eigenvalue weighted by Gasteiger charge is -2.08. The number of nitrogens with one attached hydrogen (secondary N) is 1. The normalized spacial score (nSPS) is 11.1. The zero-order valence-electron chi connectivity index (χ0n) is 8.06. The summed E-state index contributed by atoms with van der Waals surface area (Å²) in [5.74, 6) is -1.92. The van der Waals surface area contributed by atoms with Gasteiger partial charge in [0.15, 0.2) is 0 Å². The van der Waals surface area contributed by atoms with Crippen molar-refractivity contribution in [3.05, 3.63) is 22.7 Å². The number of benzene rings is 1. The van der Waals surface area contributed by atoms with Crippen LogP contribution in [0.2, 0.25) is 5.02 Å². The van der Waals surface area contributed by atoms with Crippen molar-refractivity contribution in [2.24, 2.45) is 0 Å². The van der Waals surface area contributed by atoms with Gasteiger partial charge in [0.25, 0.3) is 0 Å². The summed E-state index contributed by atoms with van der Waals surface area (Å²) in [4.78, 5) is 10.6. The van der Waals surface area contributed by atoms with Crippen LogP contribution in [0.5, 0.6) is 5.75 Å². The maximum absolute atomic E-state index is 10.9. The highest BCUT2D eigenvalue weighted by atomic mass is 35.5. The first-order valence-electron chi connectivity index (χ1n) is 3.94. The SMILES string of the molecule is CS(=O)(=O)Nc1cc(O)c(C(=O)O)cc1Cl. The number of halogens is 1. The summed E-state index contributed by atoms with van der Waals surface area (Å²) in [5.41, 5.74) is -0.476. The molecule has 1 aromatic rings. The van der Waals surface area contributed by atoms with E-state index in [9.17, 15) is 18.3 Å². The molecule has 0 radical (unpaired) electrons. The Morgan fingerprint density at radius 1 is 1.44 bits per heavy atom. The summed E-state index contributed by atoms with van der Waals surface area (Å²) in [5, 5.41) is 17.9. The number of anilines is 1. The second-order valence-corrected chi connectivity index (χ2v) is 5.18. The van der Waals surface area contributed by atoms with Crippen molar-refractivity contribution < 1.29 is 23.4 Å². The summed E-state index contributed by atoms with van der Waals surface area (Å²) in [7, 11) is -3.54. The van der Waals surface area contributed by atoms with Gasteiger partial charge >= 0.3 is 5.97 Å². The van der Waals surface area contributed by atoms with E-state index in [2.05, 4.69) is 0 Å². The maximum Gasteiger partial charge on any atom is 0.339 e. The van der Waals surface area contributed by atoms with E-state index in [0.717, 1.165) is 18.4 Å². The highest BCUT2D eigenvalue weighted by Gasteiger charge is 2.15. The van der Waals surface area contributed by atoms with Gasteiger partial charge in [0.2, 0.25) is 10.0 Å². The second-order valence-electron chi connectivity index (χ2n) is 3.03. The lowest BCUT2D eigenvalue weighted by molar-refractivity contribution is 0.0694. The summed E-state index contributed by atoms with van der Waals surface area (Å²) in [6.07, 6.45) is 0.908. The van der Waals surface area contributed by atoms with E-state index in [4.69, 9.17) is 16.7 Å². The molecular formula is C8H8ClNO5S. The third-order valence-electron chi connectivity index (χ3n) is 1.61. The van der Waals surface area contributed by atoms with Crippen LogP contribution in [0.4, 0.5) is 5.69 Å². The van der Waals surface area contributed by atoms with Gasteiger partial charge in [0, 0.05) is 6.07 Å². The first-order chi connectivity index (χ1) is 7.20. The summed E-state index contributed by atoms with van der Waals surface area (Å²) in [6, 6.07) is 1.90. The molecule has 0 amide bonds. The Morgan fingerprint density at radius 3 is 2.44 bits per heavy atom. The monoisotopic (exact) mass is 265 g/mol. The Morgan fingerprint density at radius 2 is 2.00 bits per heavy atom. The van der Waals surface area contributed by atoms with Gasteiger partial charge in [-0.2, -0.15) is 0 Å². The quantitative estimate of drug-likeness (QED) is 0.760. The van der Waals surface area contributed by atoms with E-state index < -0.39 is 27.3 Å². The molecule has 0 atom stereocenters. The van der Waals surface area contributed by atoms with Gasteiger partial charge in [0.1, 0.15) is 11.3 Å². The van der Waals surface area contributed by atoms with Crippen LogP contribution in [0, 0.1) is 0 Å². The highest BCUT2D eigenvalue weighted by molar-refractivity contribution is 7.92. The molecule has 8 heteroatoms. The van der Waals surface area contributed by atoms with Crippen LogP contribution in [-0.4, -0.2) is 30.9 Å². The second kappa shape index (κ2) is 4.18. The third kappa shape index (κ3) is 3.01. The molecule has 0 aliphatic rings. The van der Waals surface area contributed by atoms with E-state index in [1.807, 2.05) is 4.72 Å². The van der Waals surface area contributed by atoms with E-state index in [1.165, 1.54) is 0 Å². The smallest absolute Gasteiger partial charge is 0.339 e. The lowest BCUT2D eigenvalue weighted by atomic mass is 10.2. The van der Waals surface area contributed by atoms with Crippen LogP contribution in [0.3, 0.4) is 0 Å². The number of phenols is 1. The number of hydrogen-bond donors (Lipinski definition) is 3. The molecule has 0 aliphatic heterocycles. The zero-order valence-corrected chi connectivity index (χ0v) is 9.63. The van der Waals surface area contributed by atoms with Gasteiger partial charge in [-0.05, 0) is 6.07 Å². The van der Waals surface area contributed by atoms with Gasteiger partial charge in [0.05, 0.1) is 17.0 Å². The number of carboxylic acid groups (broad SMARTS) is 1. The van der Waals surface area contributed by atoms with Crippen LogP contribution in [-0.2, 0) is 10.0 Å². The maximum atomic E-state index is 10.9. The average molecular weight is 266 g/mol. The van der Waals surface area contributed by atoms with Crippen LogP contribution in [0.25, 0.3) is 0 Å². The van der Waals surface area contributed by atoms with E-state index in [1.54, 1.807) is 0 Å². The minimum atomic E-state index is -3.54. The molecule has 6 nitrogen and oxygen atoms in total. The number of carbonyl (C=O) groups is 1. The number of aromatic carboxylic acids is 1. The van der Waals surface area contributed by atoms with Gasteiger partial charge < -0.3 is 10.2 Å². The minimum Gasteiger partial charge on any atom is -0.507 e. The molecular weight excluding hydrogens is 258 g/mol. The molecule has 0 aliphatic carbocycles. The van der Waals surface area contributed by atoms with Gasteiger partial charge in [-0.3, -0.25) is 4.72 Å². The average Bonchev–Trinajstić information content (AvgIpc) is 2.07. The van der Waals surface area contributed by atoms with Crippen LogP contribution < -0.4 is 4.72 Å². The molecule has 1 aromatic carbocycles. The van der Waals surface area contributed by atoms with E-state index >= 15 is 0 Å². The fourth-order valence-corrected chi connectivity index (χ4v) is 1.85. The van der Waals surface area contributed by atoms with E-state index in [0.29, 0.717) is 0 Å². The number of sulfonamides is 1. The number of carboxylic acids is 1. The van der Waals surface area contributed by atoms with Crippen molar-refractivity contribution in [1.29, 1.82) is 0 Å². The first kappa shape index (κ1) is 12.6. The van der Waals surface area contributed by atoms with Gasteiger partial charge in [-0.15, -0.1) is 0 Å². The van der Waals surface area contributed by atoms with Crippen molar-refractivity contribution in [2.75, 3.05) is 11.0 Å². The zero-order chi connectivity index (χ0) is 12.5. The van der Waals surface area contributed by atoms with Crippen molar-refractivity contribution in [3.63, 3.8) is 0 Å². The standard InChI is InChI=1S/C8H8ClNO5S/c1-16(14,15)10-6-3-7(11)4(8(12)13)2-5(6)9/h2-3,10-11H,1H3,(H,12,13). The molecule has 0 fully saturated rings. The van der Waals surface area contributed by atoms with Gasteiger partial charge in [-0.25, -0.2) is 13.2 Å². The van der Waals surface area contributed by atoms with Crippen molar-refractivity contribution >= 4 is 33.3 Å². The molecule has 0 aromatic heterocycles. The summed E-state index contributed by atoms with van der Waals surface area (Å²) >= 11 is 5.65. The molecule has 0 unspecified atom stereocenters. The predicted molar refractivity (Wildman–Crippen MR) is 58.5 cm³/mol. The van der Waals surface area contributed by atoms with E-state index in [-0.39, 0.29) is 10.7 Å². The third-order valence-corrected chi connectivity index (χ3v) is 2.51. The molecule has 0 saturated heterocycles.